The van der Waals surface area contributed by atoms with Gasteiger partial charge in [-0.05, 0) is 38.7 Å². The number of rotatable bonds is 7. The van der Waals surface area contributed by atoms with E-state index in [1.807, 2.05) is 38.4 Å². The van der Waals surface area contributed by atoms with Gasteiger partial charge in [0.1, 0.15) is 5.75 Å². The summed E-state index contributed by atoms with van der Waals surface area (Å²) >= 11 is 0. The van der Waals surface area contributed by atoms with Gasteiger partial charge in [-0.25, -0.2) is 0 Å². The van der Waals surface area contributed by atoms with Gasteiger partial charge in [0.25, 0.3) is 0 Å². The van der Waals surface area contributed by atoms with Crippen LogP contribution >= 0.6 is 0 Å². The van der Waals surface area contributed by atoms with Gasteiger partial charge in [-0.1, -0.05) is 12.1 Å². The molecule has 0 radical (unpaired) electrons. The predicted molar refractivity (Wildman–Crippen MR) is 76.1 cm³/mol. The van der Waals surface area contributed by atoms with Crippen molar-refractivity contribution in [1.29, 1.82) is 0 Å². The molecule has 0 heterocycles. The van der Waals surface area contributed by atoms with E-state index in [0.29, 0.717) is 6.54 Å². The molecule has 2 unspecified atom stereocenters. The number of carbonyl (C=O) groups is 1. The zero-order chi connectivity index (χ0) is 14.4. The Hall–Kier alpha value is -1.59. The van der Waals surface area contributed by atoms with Crippen LogP contribution < -0.4 is 15.8 Å². The molecule has 0 saturated heterocycles. The van der Waals surface area contributed by atoms with Crippen molar-refractivity contribution in [3.63, 3.8) is 0 Å². The van der Waals surface area contributed by atoms with Crippen LogP contribution in [0.4, 0.5) is 0 Å². The number of carbonyl (C=O) groups excluding carboxylic acids is 1. The van der Waals surface area contributed by atoms with Gasteiger partial charge in [0.15, 0.2) is 0 Å². The van der Waals surface area contributed by atoms with E-state index in [0.717, 1.165) is 11.3 Å². The molecule has 1 rings (SSSR count). The Bertz CT molecular complexity index is 421. The number of primary amides is 1. The minimum absolute atomic E-state index is 0.150. The molecule has 0 saturated carbocycles. The average Bonchev–Trinajstić information content (AvgIpc) is 2.38. The fourth-order valence-electron chi connectivity index (χ4n) is 1.84. The third-order valence-corrected chi connectivity index (χ3v) is 3.15. The maximum atomic E-state index is 11.0. The number of hydrogen-bond donors (Lipinski definition) is 2. The lowest BCUT2D eigenvalue weighted by molar-refractivity contribution is -0.119. The van der Waals surface area contributed by atoms with Crippen LogP contribution in [0.2, 0.25) is 0 Å². The fraction of sp³-hybridized carbons (Fsp3) is 0.500. The van der Waals surface area contributed by atoms with Crippen LogP contribution in [-0.2, 0) is 4.79 Å². The number of methoxy groups -OCH3 is 1. The van der Waals surface area contributed by atoms with E-state index in [9.17, 15) is 4.79 Å². The van der Waals surface area contributed by atoms with Crippen molar-refractivity contribution in [2.45, 2.75) is 19.0 Å². The summed E-state index contributed by atoms with van der Waals surface area (Å²) in [6, 6.07) is 7.73. The second-order valence-electron chi connectivity index (χ2n) is 4.79. The summed E-state index contributed by atoms with van der Waals surface area (Å²) in [6.07, 6.45) is 0. The van der Waals surface area contributed by atoms with Crippen molar-refractivity contribution in [2.24, 2.45) is 5.73 Å². The average molecular weight is 265 g/mol. The highest BCUT2D eigenvalue weighted by Crippen LogP contribution is 2.22. The summed E-state index contributed by atoms with van der Waals surface area (Å²) in [7, 11) is 5.65. The summed E-state index contributed by atoms with van der Waals surface area (Å²) in [5.74, 6) is 0.482. The largest absolute Gasteiger partial charge is 0.497 e. The molecule has 106 valence electrons. The SMILES string of the molecule is COc1cccc(C(CNC(C)C(N)=O)N(C)C)c1. The molecule has 0 aliphatic carbocycles. The van der Waals surface area contributed by atoms with Crippen LogP contribution in [0.3, 0.4) is 0 Å². The molecule has 0 aliphatic heterocycles. The lowest BCUT2D eigenvalue weighted by Gasteiger charge is -2.26. The smallest absolute Gasteiger partial charge is 0.234 e. The van der Waals surface area contributed by atoms with Gasteiger partial charge in [0, 0.05) is 12.6 Å². The molecule has 5 nitrogen and oxygen atoms in total. The maximum Gasteiger partial charge on any atom is 0.234 e. The Morgan fingerprint density at radius 2 is 2.16 bits per heavy atom. The van der Waals surface area contributed by atoms with Crippen LogP contribution in [0.5, 0.6) is 5.75 Å². The highest BCUT2D eigenvalue weighted by molar-refractivity contribution is 5.79. The van der Waals surface area contributed by atoms with E-state index in [1.165, 1.54) is 0 Å². The van der Waals surface area contributed by atoms with E-state index >= 15 is 0 Å². The Labute approximate surface area is 114 Å². The van der Waals surface area contributed by atoms with Gasteiger partial charge in [-0.3, -0.25) is 4.79 Å². The first-order valence-electron chi connectivity index (χ1n) is 6.28. The van der Waals surface area contributed by atoms with Crippen molar-refractivity contribution < 1.29 is 9.53 Å². The van der Waals surface area contributed by atoms with Gasteiger partial charge >= 0.3 is 0 Å². The first kappa shape index (κ1) is 15.5. The first-order valence-corrected chi connectivity index (χ1v) is 6.28. The van der Waals surface area contributed by atoms with E-state index in [4.69, 9.17) is 10.5 Å². The molecular formula is C14H23N3O2. The van der Waals surface area contributed by atoms with Crippen LogP contribution in [0.15, 0.2) is 24.3 Å². The molecule has 1 amide bonds. The molecule has 1 aromatic carbocycles. The molecule has 19 heavy (non-hydrogen) atoms. The minimum Gasteiger partial charge on any atom is -0.497 e. The summed E-state index contributed by atoms with van der Waals surface area (Å²) in [5, 5.41) is 3.14. The van der Waals surface area contributed by atoms with Crippen molar-refractivity contribution in [2.75, 3.05) is 27.7 Å². The Balaban J connectivity index is 2.79. The zero-order valence-corrected chi connectivity index (χ0v) is 12.0. The maximum absolute atomic E-state index is 11.0. The molecule has 0 aliphatic rings. The molecule has 3 N–H and O–H groups in total. The minimum atomic E-state index is -0.344. The van der Waals surface area contributed by atoms with Crippen LogP contribution in [0.25, 0.3) is 0 Å². The standard InChI is InChI=1S/C14H23N3O2/c1-10(14(15)18)16-9-13(17(2)3)11-6-5-7-12(8-11)19-4/h5-8,10,13,16H,9H2,1-4H3,(H2,15,18). The fourth-order valence-corrected chi connectivity index (χ4v) is 1.84. The second-order valence-corrected chi connectivity index (χ2v) is 4.79. The predicted octanol–water partition coefficient (Wildman–Crippen LogP) is 0.761. The monoisotopic (exact) mass is 265 g/mol. The number of hydrogen-bond acceptors (Lipinski definition) is 4. The van der Waals surface area contributed by atoms with Crippen LogP contribution in [0.1, 0.15) is 18.5 Å². The van der Waals surface area contributed by atoms with Crippen LogP contribution in [0, 0.1) is 0 Å². The van der Waals surface area contributed by atoms with E-state index in [2.05, 4.69) is 10.2 Å². The van der Waals surface area contributed by atoms with Crippen molar-refractivity contribution in [1.82, 2.24) is 10.2 Å². The van der Waals surface area contributed by atoms with Crippen molar-refractivity contribution in [3.05, 3.63) is 29.8 Å². The summed E-state index contributed by atoms with van der Waals surface area (Å²) in [4.78, 5) is 13.1. The summed E-state index contributed by atoms with van der Waals surface area (Å²) in [6.45, 7) is 2.41. The van der Waals surface area contributed by atoms with E-state index < -0.39 is 0 Å². The first-order chi connectivity index (χ1) is 8.95. The lowest BCUT2D eigenvalue weighted by atomic mass is 10.1. The van der Waals surface area contributed by atoms with E-state index in [1.54, 1.807) is 14.0 Å². The number of nitrogens with two attached hydrogens (primary N) is 1. The number of ether oxygens (including phenoxy) is 1. The van der Waals surface area contributed by atoms with Gasteiger partial charge in [0.05, 0.1) is 13.2 Å². The molecule has 0 aromatic heterocycles. The molecule has 5 heteroatoms. The Morgan fingerprint density at radius 1 is 1.47 bits per heavy atom. The van der Waals surface area contributed by atoms with Crippen molar-refractivity contribution in [3.8, 4) is 5.75 Å². The van der Waals surface area contributed by atoms with Gasteiger partial charge < -0.3 is 20.7 Å². The lowest BCUT2D eigenvalue weighted by Crippen LogP contribution is -2.42. The number of likely N-dealkylation sites (N-methyl/N-ethyl adjacent to an activating group) is 1. The molecule has 0 fully saturated rings. The number of benzene rings is 1. The number of nitrogens with one attached hydrogen (secondary N) is 1. The summed E-state index contributed by atoms with van der Waals surface area (Å²) in [5.41, 5.74) is 6.38. The Kier molecular flexibility index (Phi) is 5.79. The van der Waals surface area contributed by atoms with Gasteiger partial charge in [-0.15, -0.1) is 0 Å². The molecule has 0 bridgehead atoms. The molecule has 2 atom stereocenters. The second kappa shape index (κ2) is 7.11. The molecular weight excluding hydrogens is 242 g/mol. The van der Waals surface area contributed by atoms with E-state index in [-0.39, 0.29) is 18.0 Å². The number of nitrogens with zero attached hydrogens (tertiary/aromatic N) is 1. The Morgan fingerprint density at radius 3 is 2.68 bits per heavy atom. The third-order valence-electron chi connectivity index (χ3n) is 3.15. The number of amides is 1. The van der Waals surface area contributed by atoms with Gasteiger partial charge in [-0.2, -0.15) is 0 Å². The quantitative estimate of drug-likeness (QED) is 0.764. The third kappa shape index (κ3) is 4.54. The highest BCUT2D eigenvalue weighted by Gasteiger charge is 2.17. The topological polar surface area (TPSA) is 67.6 Å². The molecule has 0 spiro atoms. The zero-order valence-electron chi connectivity index (χ0n) is 12.0. The van der Waals surface area contributed by atoms with Crippen LogP contribution in [-0.4, -0.2) is 44.6 Å². The summed E-state index contributed by atoms with van der Waals surface area (Å²) < 4.78 is 5.24. The normalized spacial score (nSPS) is 14.2. The van der Waals surface area contributed by atoms with Gasteiger partial charge in [0.2, 0.25) is 5.91 Å². The highest BCUT2D eigenvalue weighted by atomic mass is 16.5. The van der Waals surface area contributed by atoms with Crippen molar-refractivity contribution >= 4 is 5.91 Å². The molecule has 1 aromatic rings.